The number of hydrogen-bond acceptors (Lipinski definition) is 9. The summed E-state index contributed by atoms with van der Waals surface area (Å²) in [6.45, 7) is 16.0. The molecule has 2 aromatic carbocycles. The van der Waals surface area contributed by atoms with Crippen molar-refractivity contribution >= 4 is 37.1 Å². The second kappa shape index (κ2) is 13.9. The van der Waals surface area contributed by atoms with E-state index in [1.54, 1.807) is 42.3 Å². The first-order valence-electron chi connectivity index (χ1n) is 13.9. The SMILES string of the molecule is COc1c(OC(C)C)cc2oc(Sc3ccc(OC(=O)N(C)CCCO[Si](C)(C)C(C)(C)C)cc3)cc(=O)c2c1OC. The van der Waals surface area contributed by atoms with Crippen molar-refractivity contribution in [1.29, 1.82) is 0 Å². The molecule has 1 aromatic heterocycles. The van der Waals surface area contributed by atoms with Gasteiger partial charge in [0.25, 0.3) is 0 Å². The van der Waals surface area contributed by atoms with Gasteiger partial charge in [-0.3, -0.25) is 4.79 Å². The quantitative estimate of drug-likeness (QED) is 0.150. The number of carbonyl (C=O) groups is 1. The van der Waals surface area contributed by atoms with Gasteiger partial charge in [-0.15, -0.1) is 0 Å². The van der Waals surface area contributed by atoms with Crippen LogP contribution in [0.5, 0.6) is 23.0 Å². The molecular weight excluding hydrogens is 574 g/mol. The lowest BCUT2D eigenvalue weighted by atomic mass is 10.1. The van der Waals surface area contributed by atoms with Crippen LogP contribution in [-0.2, 0) is 4.43 Å². The molecule has 3 rings (SSSR count). The van der Waals surface area contributed by atoms with E-state index in [1.165, 1.54) is 32.0 Å². The van der Waals surface area contributed by atoms with Crippen molar-refractivity contribution in [3.05, 3.63) is 46.6 Å². The summed E-state index contributed by atoms with van der Waals surface area (Å²) in [5.74, 6) is 1.43. The summed E-state index contributed by atoms with van der Waals surface area (Å²) in [4.78, 5) is 28.0. The summed E-state index contributed by atoms with van der Waals surface area (Å²) in [5, 5.41) is 0.808. The average Bonchev–Trinajstić information content (AvgIpc) is 2.90. The Balaban J connectivity index is 1.66. The van der Waals surface area contributed by atoms with E-state index in [4.69, 9.17) is 27.8 Å². The number of amides is 1. The minimum absolute atomic E-state index is 0.126. The molecule has 0 spiro atoms. The number of methoxy groups -OCH3 is 2. The number of ether oxygens (including phenoxy) is 4. The Morgan fingerprint density at radius 1 is 1.05 bits per heavy atom. The Kier molecular flexibility index (Phi) is 11.0. The zero-order chi connectivity index (χ0) is 31.2. The lowest BCUT2D eigenvalue weighted by Crippen LogP contribution is -2.41. The topological polar surface area (TPSA) is 96.7 Å². The number of rotatable bonds is 12. The molecule has 0 aliphatic heterocycles. The first-order chi connectivity index (χ1) is 19.7. The van der Waals surface area contributed by atoms with Gasteiger partial charge in [-0.2, -0.15) is 0 Å². The highest BCUT2D eigenvalue weighted by Gasteiger charge is 2.36. The van der Waals surface area contributed by atoms with E-state index in [2.05, 4.69) is 33.9 Å². The molecule has 230 valence electrons. The molecule has 0 fully saturated rings. The summed E-state index contributed by atoms with van der Waals surface area (Å²) in [7, 11) is 2.86. The van der Waals surface area contributed by atoms with Crippen molar-refractivity contribution < 1.29 is 32.6 Å². The van der Waals surface area contributed by atoms with Crippen molar-refractivity contribution in [1.82, 2.24) is 4.90 Å². The van der Waals surface area contributed by atoms with Crippen molar-refractivity contribution in [3.8, 4) is 23.0 Å². The molecule has 1 amide bonds. The van der Waals surface area contributed by atoms with E-state index >= 15 is 0 Å². The predicted octanol–water partition coefficient (Wildman–Crippen LogP) is 7.59. The van der Waals surface area contributed by atoms with Crippen LogP contribution >= 0.6 is 11.8 Å². The number of benzene rings is 2. The van der Waals surface area contributed by atoms with Gasteiger partial charge in [0.2, 0.25) is 5.75 Å². The van der Waals surface area contributed by atoms with Gasteiger partial charge < -0.3 is 32.7 Å². The summed E-state index contributed by atoms with van der Waals surface area (Å²) in [6.07, 6.45) is 0.167. The maximum atomic E-state index is 13.1. The maximum absolute atomic E-state index is 13.1. The van der Waals surface area contributed by atoms with Crippen molar-refractivity contribution in [2.45, 2.75) is 75.3 Å². The molecule has 0 aliphatic carbocycles. The fourth-order valence-corrected chi connectivity index (χ4v) is 5.70. The van der Waals surface area contributed by atoms with E-state index in [0.717, 1.165) is 11.3 Å². The third-order valence-corrected chi connectivity index (χ3v) is 12.6. The van der Waals surface area contributed by atoms with Crippen molar-refractivity contribution in [2.24, 2.45) is 0 Å². The van der Waals surface area contributed by atoms with Crippen LogP contribution in [0, 0.1) is 0 Å². The summed E-state index contributed by atoms with van der Waals surface area (Å²) < 4.78 is 34.7. The zero-order valence-electron chi connectivity index (χ0n) is 26.3. The largest absolute Gasteiger partial charge is 0.492 e. The average molecular weight is 618 g/mol. The first kappa shape index (κ1) is 33.4. The molecule has 9 nitrogen and oxygen atoms in total. The van der Waals surface area contributed by atoms with Crippen LogP contribution in [0.15, 0.2) is 55.6 Å². The minimum Gasteiger partial charge on any atom is -0.492 e. The molecular formula is C31H43NO8SSi. The van der Waals surface area contributed by atoms with Crippen LogP contribution in [0.3, 0.4) is 0 Å². The molecule has 0 saturated carbocycles. The van der Waals surface area contributed by atoms with Crippen LogP contribution in [0.25, 0.3) is 11.0 Å². The van der Waals surface area contributed by atoms with Gasteiger partial charge >= 0.3 is 6.09 Å². The standard InChI is InChI=1S/C31H43NO8SSi/c1-20(2)38-25-19-24-27(29(36-8)28(25)35-7)23(33)18-26(40-24)41-22-14-12-21(13-15-22)39-30(34)32(6)16-11-17-37-42(9,10)31(3,4)5/h12-15,18-20H,11,16-17H2,1-10H3. The molecule has 0 bridgehead atoms. The molecule has 0 radical (unpaired) electrons. The van der Waals surface area contributed by atoms with E-state index in [0.29, 0.717) is 41.1 Å². The molecule has 0 N–H and O–H groups in total. The van der Waals surface area contributed by atoms with Crippen LogP contribution in [0.4, 0.5) is 4.79 Å². The van der Waals surface area contributed by atoms with Crippen LogP contribution in [-0.4, -0.2) is 59.8 Å². The highest BCUT2D eigenvalue weighted by atomic mass is 32.2. The normalized spacial score (nSPS) is 12.0. The molecule has 3 aromatic rings. The molecule has 0 unspecified atom stereocenters. The second-order valence-corrected chi connectivity index (χ2v) is 17.6. The molecule has 11 heteroatoms. The van der Waals surface area contributed by atoms with E-state index in [-0.39, 0.29) is 27.7 Å². The van der Waals surface area contributed by atoms with Gasteiger partial charge in [0.15, 0.2) is 30.3 Å². The summed E-state index contributed by atoms with van der Waals surface area (Å²) >= 11 is 1.27. The number of fused-ring (bicyclic) bond motifs is 1. The Morgan fingerprint density at radius 3 is 2.26 bits per heavy atom. The van der Waals surface area contributed by atoms with Crippen LogP contribution in [0.2, 0.25) is 18.1 Å². The van der Waals surface area contributed by atoms with E-state index in [1.807, 2.05) is 13.8 Å². The molecule has 0 saturated heterocycles. The lowest BCUT2D eigenvalue weighted by Gasteiger charge is -2.36. The van der Waals surface area contributed by atoms with Crippen molar-refractivity contribution in [2.75, 3.05) is 34.4 Å². The molecule has 42 heavy (non-hydrogen) atoms. The van der Waals surface area contributed by atoms with Crippen LogP contribution in [0.1, 0.15) is 41.0 Å². The Labute approximate surface area is 253 Å². The van der Waals surface area contributed by atoms with Crippen molar-refractivity contribution in [3.63, 3.8) is 0 Å². The minimum atomic E-state index is -1.81. The van der Waals surface area contributed by atoms with Crippen LogP contribution < -0.4 is 24.4 Å². The maximum Gasteiger partial charge on any atom is 0.414 e. The first-order valence-corrected chi connectivity index (χ1v) is 17.6. The highest BCUT2D eigenvalue weighted by molar-refractivity contribution is 7.99. The smallest absolute Gasteiger partial charge is 0.414 e. The number of nitrogens with zero attached hydrogens (tertiary/aromatic N) is 1. The fraction of sp³-hybridized carbons (Fsp3) is 0.484. The third kappa shape index (κ3) is 8.23. The Hall–Kier alpha value is -3.15. The van der Waals surface area contributed by atoms with Gasteiger partial charge in [0.05, 0.1) is 20.3 Å². The number of carbonyl (C=O) groups excluding carboxylic acids is 1. The fourth-order valence-electron chi connectivity index (χ4n) is 3.81. The second-order valence-electron chi connectivity index (χ2n) is 11.7. The zero-order valence-corrected chi connectivity index (χ0v) is 28.1. The van der Waals surface area contributed by atoms with Gasteiger partial charge in [-0.25, -0.2) is 4.79 Å². The third-order valence-electron chi connectivity index (χ3n) is 7.11. The summed E-state index contributed by atoms with van der Waals surface area (Å²) in [6, 6.07) is 10.1. The van der Waals surface area contributed by atoms with E-state index in [9.17, 15) is 9.59 Å². The van der Waals surface area contributed by atoms with Gasteiger partial charge in [-0.1, -0.05) is 32.5 Å². The Morgan fingerprint density at radius 2 is 1.69 bits per heavy atom. The molecule has 0 aliphatic rings. The number of hydrogen-bond donors (Lipinski definition) is 0. The summed E-state index contributed by atoms with van der Waals surface area (Å²) in [5.41, 5.74) is 0.0508. The highest BCUT2D eigenvalue weighted by Crippen LogP contribution is 2.44. The monoisotopic (exact) mass is 617 g/mol. The Bertz CT molecular complexity index is 1430. The van der Waals surface area contributed by atoms with Gasteiger partial charge in [0, 0.05) is 37.2 Å². The predicted molar refractivity (Wildman–Crippen MR) is 168 cm³/mol. The molecule has 1 heterocycles. The van der Waals surface area contributed by atoms with E-state index < -0.39 is 14.4 Å². The molecule has 0 atom stereocenters. The van der Waals surface area contributed by atoms with Gasteiger partial charge in [-0.05, 0) is 62.7 Å². The van der Waals surface area contributed by atoms with Gasteiger partial charge in [0.1, 0.15) is 16.7 Å². The lowest BCUT2D eigenvalue weighted by molar-refractivity contribution is 0.158.